The predicted octanol–water partition coefficient (Wildman–Crippen LogP) is 2.28. The fourth-order valence-corrected chi connectivity index (χ4v) is 3.79. The highest BCUT2D eigenvalue weighted by molar-refractivity contribution is 8.08. The van der Waals surface area contributed by atoms with Gasteiger partial charge in [0.15, 0.2) is 17.3 Å². The van der Waals surface area contributed by atoms with Gasteiger partial charge in [-0.1, -0.05) is 30.5 Å². The van der Waals surface area contributed by atoms with Crippen LogP contribution in [0, 0.1) is 0 Å². The van der Waals surface area contributed by atoms with Crippen molar-refractivity contribution in [2.75, 3.05) is 32.8 Å². The SMILES string of the molecule is C=C(S[C@H](COC)C(CO)OC)n1cc2c(nc1=O)Nc1ccccc1O2. The maximum atomic E-state index is 12.5. The quantitative estimate of drug-likeness (QED) is 0.604. The Kier molecular flexibility index (Phi) is 6.17. The molecule has 0 amide bonds. The van der Waals surface area contributed by atoms with Gasteiger partial charge in [-0.25, -0.2) is 4.79 Å². The van der Waals surface area contributed by atoms with Gasteiger partial charge in [0.2, 0.25) is 0 Å². The minimum atomic E-state index is -0.490. The number of para-hydroxylation sites is 2. The second-order valence-electron chi connectivity index (χ2n) is 5.79. The van der Waals surface area contributed by atoms with E-state index in [4.69, 9.17) is 14.2 Å². The number of fused-ring (bicyclic) bond motifs is 2. The van der Waals surface area contributed by atoms with Crippen molar-refractivity contribution >= 4 is 28.3 Å². The average Bonchev–Trinajstić information content (AvgIpc) is 2.67. The van der Waals surface area contributed by atoms with Crippen molar-refractivity contribution in [1.82, 2.24) is 9.55 Å². The molecule has 2 atom stereocenters. The fourth-order valence-electron chi connectivity index (χ4n) is 2.64. The molecular formula is C18H21N3O5S. The van der Waals surface area contributed by atoms with Gasteiger partial charge in [0.1, 0.15) is 0 Å². The second-order valence-corrected chi connectivity index (χ2v) is 7.10. The number of aliphatic hydroxyl groups excluding tert-OH is 1. The van der Waals surface area contributed by atoms with Crippen LogP contribution in [0.5, 0.6) is 11.5 Å². The van der Waals surface area contributed by atoms with Crippen molar-refractivity contribution < 1.29 is 19.3 Å². The zero-order chi connectivity index (χ0) is 19.4. The van der Waals surface area contributed by atoms with Crippen molar-refractivity contribution in [3.8, 4) is 11.5 Å². The summed E-state index contributed by atoms with van der Waals surface area (Å²) >= 11 is 1.27. The maximum absolute atomic E-state index is 12.5. The van der Waals surface area contributed by atoms with E-state index in [2.05, 4.69) is 16.9 Å². The van der Waals surface area contributed by atoms with E-state index in [1.165, 1.54) is 23.4 Å². The van der Waals surface area contributed by atoms with E-state index >= 15 is 0 Å². The van der Waals surface area contributed by atoms with Gasteiger partial charge in [-0.3, -0.25) is 4.57 Å². The summed E-state index contributed by atoms with van der Waals surface area (Å²) < 4.78 is 17.6. The molecule has 0 saturated heterocycles. The van der Waals surface area contributed by atoms with Crippen LogP contribution >= 0.6 is 11.8 Å². The Morgan fingerprint density at radius 1 is 1.41 bits per heavy atom. The highest BCUT2D eigenvalue weighted by Gasteiger charge is 2.25. The Morgan fingerprint density at radius 3 is 2.89 bits per heavy atom. The third-order valence-electron chi connectivity index (χ3n) is 4.04. The summed E-state index contributed by atoms with van der Waals surface area (Å²) in [5, 5.41) is 12.7. The number of aliphatic hydroxyl groups is 1. The van der Waals surface area contributed by atoms with Crippen LogP contribution in [0.15, 0.2) is 41.8 Å². The molecule has 0 fully saturated rings. The Bertz CT molecular complexity index is 882. The first-order valence-electron chi connectivity index (χ1n) is 8.23. The average molecular weight is 391 g/mol. The first-order chi connectivity index (χ1) is 13.1. The minimum Gasteiger partial charge on any atom is -0.450 e. The number of ether oxygens (including phenoxy) is 3. The number of aromatic nitrogens is 2. The second kappa shape index (κ2) is 8.57. The maximum Gasteiger partial charge on any atom is 0.354 e. The first kappa shape index (κ1) is 19.4. The lowest BCUT2D eigenvalue weighted by Crippen LogP contribution is -2.33. The number of hydrogen-bond acceptors (Lipinski definition) is 8. The van der Waals surface area contributed by atoms with Gasteiger partial charge in [0, 0.05) is 14.2 Å². The molecule has 0 radical (unpaired) electrons. The van der Waals surface area contributed by atoms with Crippen LogP contribution < -0.4 is 15.7 Å². The molecule has 2 heterocycles. The minimum absolute atomic E-state index is 0.175. The topological polar surface area (TPSA) is 94.8 Å². The summed E-state index contributed by atoms with van der Waals surface area (Å²) in [6.07, 6.45) is 1.09. The summed E-state index contributed by atoms with van der Waals surface area (Å²) in [6.45, 7) is 4.12. The standard InChI is InChI=1S/C18H21N3O5S/c1-11(27-16(10-24-2)15(9-22)25-3)21-8-14-17(20-18(21)23)19-12-6-4-5-7-13(12)26-14/h4-8,15-16,22H,1,9-10H2,2-3H3,(H,19,20,23)/t15?,16-/m1/s1. The van der Waals surface area contributed by atoms with Gasteiger partial charge in [-0.05, 0) is 12.1 Å². The summed E-state index contributed by atoms with van der Waals surface area (Å²) in [5.74, 6) is 1.42. The zero-order valence-corrected chi connectivity index (χ0v) is 15.9. The first-order valence-corrected chi connectivity index (χ1v) is 9.11. The number of nitrogens with one attached hydrogen (secondary N) is 1. The molecule has 0 aliphatic carbocycles. The molecule has 2 N–H and O–H groups in total. The van der Waals surface area contributed by atoms with Crippen LogP contribution in [0.3, 0.4) is 0 Å². The van der Waals surface area contributed by atoms with Crippen molar-refractivity contribution in [1.29, 1.82) is 0 Å². The van der Waals surface area contributed by atoms with Gasteiger partial charge in [0.25, 0.3) is 0 Å². The van der Waals surface area contributed by atoms with Gasteiger partial charge in [-0.15, -0.1) is 0 Å². The lowest BCUT2D eigenvalue weighted by Gasteiger charge is -2.25. The van der Waals surface area contributed by atoms with Crippen molar-refractivity contribution in [3.63, 3.8) is 0 Å². The number of hydrogen-bond donors (Lipinski definition) is 2. The van der Waals surface area contributed by atoms with E-state index in [1.807, 2.05) is 24.3 Å². The van der Waals surface area contributed by atoms with E-state index in [-0.39, 0.29) is 11.9 Å². The number of nitrogens with zero attached hydrogens (tertiary/aromatic N) is 2. The molecule has 144 valence electrons. The van der Waals surface area contributed by atoms with Gasteiger partial charge in [0.05, 0.1) is 41.5 Å². The van der Waals surface area contributed by atoms with E-state index in [0.717, 1.165) is 5.69 Å². The van der Waals surface area contributed by atoms with Crippen LogP contribution in [-0.4, -0.2) is 53.4 Å². The monoisotopic (exact) mass is 391 g/mol. The predicted molar refractivity (Wildman–Crippen MR) is 105 cm³/mol. The normalized spacial score (nSPS) is 14.3. The van der Waals surface area contributed by atoms with E-state index in [9.17, 15) is 9.90 Å². The Labute approximate surface area is 160 Å². The molecule has 0 saturated carbocycles. The Hall–Kier alpha value is -2.33. The summed E-state index contributed by atoms with van der Waals surface area (Å²) in [7, 11) is 3.07. The zero-order valence-electron chi connectivity index (χ0n) is 15.0. The lowest BCUT2D eigenvalue weighted by atomic mass is 10.2. The molecule has 1 unspecified atom stereocenters. The Morgan fingerprint density at radius 2 is 2.19 bits per heavy atom. The molecule has 27 heavy (non-hydrogen) atoms. The van der Waals surface area contributed by atoms with Crippen LogP contribution in [0.25, 0.3) is 5.03 Å². The largest absolute Gasteiger partial charge is 0.450 e. The molecule has 1 aliphatic rings. The highest BCUT2D eigenvalue weighted by Crippen LogP contribution is 2.40. The third kappa shape index (κ3) is 4.16. The molecule has 1 aliphatic heterocycles. The number of thioether (sulfide) groups is 1. The van der Waals surface area contributed by atoms with Gasteiger partial charge < -0.3 is 24.6 Å². The molecule has 8 nitrogen and oxygen atoms in total. The van der Waals surface area contributed by atoms with Crippen LogP contribution in [0.2, 0.25) is 0 Å². The number of benzene rings is 1. The molecule has 1 aromatic heterocycles. The van der Waals surface area contributed by atoms with E-state index < -0.39 is 11.8 Å². The molecule has 2 aromatic rings. The summed E-state index contributed by atoms with van der Waals surface area (Å²) in [4.78, 5) is 16.5. The van der Waals surface area contributed by atoms with Crippen molar-refractivity contribution in [3.05, 3.63) is 47.5 Å². The van der Waals surface area contributed by atoms with E-state index in [0.29, 0.717) is 29.0 Å². The molecule has 0 spiro atoms. The lowest BCUT2D eigenvalue weighted by molar-refractivity contribution is 0.0308. The van der Waals surface area contributed by atoms with Gasteiger partial charge >= 0.3 is 5.69 Å². The number of rotatable bonds is 8. The number of anilines is 2. The van der Waals surface area contributed by atoms with Crippen molar-refractivity contribution in [2.24, 2.45) is 0 Å². The molecule has 1 aromatic carbocycles. The smallest absolute Gasteiger partial charge is 0.354 e. The molecule has 9 heteroatoms. The third-order valence-corrected chi connectivity index (χ3v) is 5.25. The highest BCUT2D eigenvalue weighted by atomic mass is 32.2. The summed E-state index contributed by atoms with van der Waals surface area (Å²) in [5.41, 5.74) is 0.254. The van der Waals surface area contributed by atoms with Crippen LogP contribution in [-0.2, 0) is 9.47 Å². The van der Waals surface area contributed by atoms with Crippen LogP contribution in [0.1, 0.15) is 0 Å². The van der Waals surface area contributed by atoms with Crippen molar-refractivity contribution in [2.45, 2.75) is 11.4 Å². The fraction of sp³-hybridized carbons (Fsp3) is 0.333. The summed E-state index contributed by atoms with van der Waals surface area (Å²) in [6, 6.07) is 7.39. The molecule has 3 rings (SSSR count). The Balaban J connectivity index is 1.85. The molecule has 0 bridgehead atoms. The number of methoxy groups -OCH3 is 2. The molecular weight excluding hydrogens is 370 g/mol. The van der Waals surface area contributed by atoms with Gasteiger partial charge in [-0.2, -0.15) is 4.98 Å². The van der Waals surface area contributed by atoms with Crippen LogP contribution in [0.4, 0.5) is 11.5 Å². The van der Waals surface area contributed by atoms with E-state index in [1.54, 1.807) is 13.3 Å².